The Hall–Kier alpha value is -1.12. The molecular weight excluding hydrogens is 246 g/mol. The topological polar surface area (TPSA) is 22.1 Å². The highest BCUT2D eigenvalue weighted by Crippen LogP contribution is 2.15. The van der Waals surface area contributed by atoms with Crippen LogP contribution in [0.5, 0.6) is 0 Å². The predicted molar refractivity (Wildman–Crippen MR) is 76.2 cm³/mol. The number of benzene rings is 1. The maximum atomic E-state index is 6.28. The Kier molecular flexibility index (Phi) is 4.97. The molecule has 0 aliphatic carbocycles. The Morgan fingerprint density at radius 1 is 1.22 bits per heavy atom. The summed E-state index contributed by atoms with van der Waals surface area (Å²) < 4.78 is 5.31. The number of para-hydroxylation sites is 1. The van der Waals surface area contributed by atoms with Crippen molar-refractivity contribution in [3.63, 3.8) is 0 Å². The molecule has 0 radical (unpaired) electrons. The lowest BCUT2D eigenvalue weighted by molar-refractivity contribution is 0.144. The standard InChI is InChI=1S/C15H18ClNO/c1-2-18-10-9-13(16)11-14-8-7-12-5-3-4-6-15(12)17-14/h3-8,13H,2,9-11H2,1H3. The van der Waals surface area contributed by atoms with Gasteiger partial charge in [0.15, 0.2) is 0 Å². The van der Waals surface area contributed by atoms with Crippen LogP contribution >= 0.6 is 11.6 Å². The molecule has 1 aromatic carbocycles. The first-order chi connectivity index (χ1) is 8.79. The van der Waals surface area contributed by atoms with Gasteiger partial charge in [0, 0.05) is 36.1 Å². The van der Waals surface area contributed by atoms with Gasteiger partial charge in [-0.15, -0.1) is 11.6 Å². The van der Waals surface area contributed by atoms with Crippen molar-refractivity contribution in [2.24, 2.45) is 0 Å². The number of nitrogens with zero attached hydrogens (tertiary/aromatic N) is 1. The number of rotatable bonds is 6. The van der Waals surface area contributed by atoms with Crippen molar-refractivity contribution in [2.75, 3.05) is 13.2 Å². The van der Waals surface area contributed by atoms with Gasteiger partial charge >= 0.3 is 0 Å². The molecule has 0 N–H and O–H groups in total. The smallest absolute Gasteiger partial charge is 0.0705 e. The van der Waals surface area contributed by atoms with Gasteiger partial charge in [-0.1, -0.05) is 24.3 Å². The maximum Gasteiger partial charge on any atom is 0.0705 e. The second kappa shape index (κ2) is 6.72. The number of hydrogen-bond donors (Lipinski definition) is 0. The summed E-state index contributed by atoms with van der Waals surface area (Å²) in [6.07, 6.45) is 1.66. The first kappa shape index (κ1) is 13.3. The fourth-order valence-corrected chi connectivity index (χ4v) is 2.15. The van der Waals surface area contributed by atoms with E-state index in [9.17, 15) is 0 Å². The number of aromatic nitrogens is 1. The molecular formula is C15H18ClNO. The molecule has 0 saturated carbocycles. The minimum atomic E-state index is 0.0882. The van der Waals surface area contributed by atoms with E-state index in [1.165, 1.54) is 5.39 Å². The fraction of sp³-hybridized carbons (Fsp3) is 0.400. The number of halogens is 1. The van der Waals surface area contributed by atoms with Crippen molar-refractivity contribution >= 4 is 22.5 Å². The lowest BCUT2D eigenvalue weighted by Gasteiger charge is -2.09. The van der Waals surface area contributed by atoms with Gasteiger partial charge < -0.3 is 4.74 Å². The van der Waals surface area contributed by atoms with Crippen LogP contribution in [-0.4, -0.2) is 23.6 Å². The van der Waals surface area contributed by atoms with Crippen LogP contribution in [0.2, 0.25) is 0 Å². The van der Waals surface area contributed by atoms with E-state index >= 15 is 0 Å². The van der Waals surface area contributed by atoms with E-state index in [0.717, 1.165) is 37.3 Å². The summed E-state index contributed by atoms with van der Waals surface area (Å²) in [5, 5.41) is 1.26. The second-order valence-electron chi connectivity index (χ2n) is 4.28. The molecule has 0 spiro atoms. The number of pyridine rings is 1. The SMILES string of the molecule is CCOCCC(Cl)Cc1ccc2ccccc2n1. The molecule has 2 rings (SSSR count). The molecule has 96 valence electrons. The minimum Gasteiger partial charge on any atom is -0.382 e. The first-order valence-electron chi connectivity index (χ1n) is 6.36. The van der Waals surface area contributed by atoms with E-state index < -0.39 is 0 Å². The van der Waals surface area contributed by atoms with Gasteiger partial charge in [0.2, 0.25) is 0 Å². The van der Waals surface area contributed by atoms with Crippen molar-refractivity contribution in [3.8, 4) is 0 Å². The van der Waals surface area contributed by atoms with Crippen LogP contribution in [0.25, 0.3) is 10.9 Å². The van der Waals surface area contributed by atoms with Crippen molar-refractivity contribution in [3.05, 3.63) is 42.1 Å². The van der Waals surface area contributed by atoms with Gasteiger partial charge in [0.05, 0.1) is 5.52 Å². The van der Waals surface area contributed by atoms with Crippen LogP contribution in [0.1, 0.15) is 19.0 Å². The number of fused-ring (bicyclic) bond motifs is 1. The van der Waals surface area contributed by atoms with Gasteiger partial charge in [-0.2, -0.15) is 0 Å². The normalized spacial score (nSPS) is 12.8. The fourth-order valence-electron chi connectivity index (χ4n) is 1.91. The largest absolute Gasteiger partial charge is 0.382 e. The lowest BCUT2D eigenvalue weighted by atomic mass is 10.1. The van der Waals surface area contributed by atoms with E-state index in [1.54, 1.807) is 0 Å². The van der Waals surface area contributed by atoms with Crippen LogP contribution in [0.4, 0.5) is 0 Å². The Bertz CT molecular complexity index is 501. The van der Waals surface area contributed by atoms with E-state index in [2.05, 4.69) is 23.2 Å². The van der Waals surface area contributed by atoms with E-state index in [-0.39, 0.29) is 5.38 Å². The minimum absolute atomic E-state index is 0.0882. The van der Waals surface area contributed by atoms with Gasteiger partial charge in [0.25, 0.3) is 0 Å². The Morgan fingerprint density at radius 2 is 2.06 bits per heavy atom. The Morgan fingerprint density at radius 3 is 2.89 bits per heavy atom. The monoisotopic (exact) mass is 263 g/mol. The third-order valence-electron chi connectivity index (χ3n) is 2.87. The van der Waals surface area contributed by atoms with E-state index in [1.807, 2.05) is 25.1 Å². The molecule has 0 bridgehead atoms. The quantitative estimate of drug-likeness (QED) is 0.584. The summed E-state index contributed by atoms with van der Waals surface area (Å²) in [6.45, 7) is 3.46. The number of ether oxygens (including phenoxy) is 1. The summed E-state index contributed by atoms with van der Waals surface area (Å²) in [4.78, 5) is 4.62. The van der Waals surface area contributed by atoms with Gasteiger partial charge in [-0.3, -0.25) is 4.98 Å². The third-order valence-corrected chi connectivity index (χ3v) is 3.24. The van der Waals surface area contributed by atoms with Crippen molar-refractivity contribution in [2.45, 2.75) is 25.1 Å². The molecule has 0 amide bonds. The Balaban J connectivity index is 1.98. The summed E-state index contributed by atoms with van der Waals surface area (Å²) in [5.41, 5.74) is 2.08. The summed E-state index contributed by atoms with van der Waals surface area (Å²) >= 11 is 6.28. The van der Waals surface area contributed by atoms with E-state index in [0.29, 0.717) is 0 Å². The van der Waals surface area contributed by atoms with Crippen LogP contribution in [-0.2, 0) is 11.2 Å². The molecule has 3 heteroatoms. The van der Waals surface area contributed by atoms with Gasteiger partial charge in [0.1, 0.15) is 0 Å². The molecule has 1 aromatic heterocycles. The zero-order valence-corrected chi connectivity index (χ0v) is 11.4. The number of alkyl halides is 1. The van der Waals surface area contributed by atoms with Crippen molar-refractivity contribution in [1.29, 1.82) is 0 Å². The Labute approximate surface area is 113 Å². The highest BCUT2D eigenvalue weighted by Gasteiger charge is 2.07. The zero-order valence-electron chi connectivity index (χ0n) is 10.6. The van der Waals surface area contributed by atoms with Crippen LogP contribution in [0, 0.1) is 0 Å². The van der Waals surface area contributed by atoms with Crippen molar-refractivity contribution < 1.29 is 4.74 Å². The molecule has 0 aliphatic rings. The predicted octanol–water partition coefficient (Wildman–Crippen LogP) is 3.81. The van der Waals surface area contributed by atoms with Crippen molar-refractivity contribution in [1.82, 2.24) is 4.98 Å². The summed E-state index contributed by atoms with van der Waals surface area (Å²) in [5.74, 6) is 0. The zero-order chi connectivity index (χ0) is 12.8. The van der Waals surface area contributed by atoms with Crippen LogP contribution < -0.4 is 0 Å². The summed E-state index contributed by atoms with van der Waals surface area (Å²) in [6, 6.07) is 12.3. The molecule has 0 aliphatic heterocycles. The molecule has 18 heavy (non-hydrogen) atoms. The highest BCUT2D eigenvalue weighted by molar-refractivity contribution is 6.20. The average molecular weight is 264 g/mol. The molecule has 0 saturated heterocycles. The molecule has 2 nitrogen and oxygen atoms in total. The molecule has 2 aromatic rings. The van der Waals surface area contributed by atoms with Gasteiger partial charge in [-0.25, -0.2) is 0 Å². The molecule has 1 heterocycles. The first-order valence-corrected chi connectivity index (χ1v) is 6.79. The number of hydrogen-bond acceptors (Lipinski definition) is 2. The molecule has 1 unspecified atom stereocenters. The van der Waals surface area contributed by atoms with Gasteiger partial charge in [-0.05, 0) is 25.5 Å². The molecule has 0 fully saturated rings. The highest BCUT2D eigenvalue weighted by atomic mass is 35.5. The lowest BCUT2D eigenvalue weighted by Crippen LogP contribution is -2.09. The maximum absolute atomic E-state index is 6.28. The second-order valence-corrected chi connectivity index (χ2v) is 4.90. The summed E-state index contributed by atoms with van der Waals surface area (Å²) in [7, 11) is 0. The van der Waals surface area contributed by atoms with E-state index in [4.69, 9.17) is 16.3 Å². The molecule has 1 atom stereocenters. The average Bonchev–Trinajstić information content (AvgIpc) is 2.39. The van der Waals surface area contributed by atoms with Crippen LogP contribution in [0.3, 0.4) is 0 Å². The third kappa shape index (κ3) is 3.69. The van der Waals surface area contributed by atoms with Crippen LogP contribution in [0.15, 0.2) is 36.4 Å².